The third-order valence-corrected chi connectivity index (χ3v) is 4.87. The fraction of sp³-hybridized carbons (Fsp3) is 0.812. The Morgan fingerprint density at radius 3 is 2.68 bits per heavy atom. The van der Waals surface area contributed by atoms with Crippen LogP contribution < -0.4 is 0 Å². The summed E-state index contributed by atoms with van der Waals surface area (Å²) in [5.41, 5.74) is 3.68. The summed E-state index contributed by atoms with van der Waals surface area (Å²) in [5, 5.41) is 14.9. The molecule has 0 bridgehead atoms. The first kappa shape index (κ1) is 14.6. The molecule has 0 aliphatic heterocycles. The lowest BCUT2D eigenvalue weighted by Gasteiger charge is -2.30. The SMILES string of the molecule is Cc1nn(C)c(C)c1CCC(O)C1CCCC(C)C1. The van der Waals surface area contributed by atoms with Gasteiger partial charge in [0, 0.05) is 12.7 Å². The second kappa shape index (κ2) is 6.08. The van der Waals surface area contributed by atoms with Crippen molar-refractivity contribution >= 4 is 0 Å². The van der Waals surface area contributed by atoms with E-state index >= 15 is 0 Å². The van der Waals surface area contributed by atoms with Gasteiger partial charge in [-0.2, -0.15) is 5.10 Å². The Kier molecular flexibility index (Phi) is 4.67. The molecule has 1 aromatic heterocycles. The number of nitrogens with zero attached hydrogens (tertiary/aromatic N) is 2. The number of hydrogen-bond donors (Lipinski definition) is 1. The lowest BCUT2D eigenvalue weighted by Crippen LogP contribution is -2.26. The van der Waals surface area contributed by atoms with E-state index in [2.05, 4.69) is 25.9 Å². The van der Waals surface area contributed by atoms with E-state index in [1.165, 1.54) is 36.9 Å². The average molecular weight is 264 g/mol. The van der Waals surface area contributed by atoms with E-state index in [1.54, 1.807) is 0 Å². The van der Waals surface area contributed by atoms with Gasteiger partial charge in [0.2, 0.25) is 0 Å². The van der Waals surface area contributed by atoms with Crippen molar-refractivity contribution in [1.29, 1.82) is 0 Å². The molecule has 108 valence electrons. The van der Waals surface area contributed by atoms with Gasteiger partial charge in [0.25, 0.3) is 0 Å². The Hall–Kier alpha value is -0.830. The highest BCUT2D eigenvalue weighted by Gasteiger charge is 2.25. The summed E-state index contributed by atoms with van der Waals surface area (Å²) >= 11 is 0. The van der Waals surface area contributed by atoms with E-state index in [1.807, 2.05) is 11.7 Å². The van der Waals surface area contributed by atoms with Crippen molar-refractivity contribution in [3.8, 4) is 0 Å². The van der Waals surface area contributed by atoms with Crippen LogP contribution in [0.1, 0.15) is 56.0 Å². The van der Waals surface area contributed by atoms with Crippen molar-refractivity contribution in [1.82, 2.24) is 9.78 Å². The molecule has 1 heterocycles. The second-order valence-electron chi connectivity index (χ2n) is 6.41. The molecule has 1 aliphatic rings. The first-order valence-electron chi connectivity index (χ1n) is 7.66. The fourth-order valence-corrected chi connectivity index (χ4v) is 3.54. The zero-order chi connectivity index (χ0) is 14.0. The van der Waals surface area contributed by atoms with E-state index in [0.29, 0.717) is 5.92 Å². The molecule has 0 aromatic carbocycles. The second-order valence-corrected chi connectivity index (χ2v) is 6.41. The van der Waals surface area contributed by atoms with Crippen LogP contribution >= 0.6 is 0 Å². The molecule has 0 spiro atoms. The lowest BCUT2D eigenvalue weighted by atomic mass is 9.78. The number of aryl methyl sites for hydroxylation is 2. The van der Waals surface area contributed by atoms with Crippen LogP contribution in [0, 0.1) is 25.7 Å². The average Bonchev–Trinajstić information content (AvgIpc) is 2.61. The Labute approximate surface area is 117 Å². The number of aliphatic hydroxyl groups excluding tert-OH is 1. The summed E-state index contributed by atoms with van der Waals surface area (Å²) in [6.07, 6.45) is 6.73. The highest BCUT2D eigenvalue weighted by Crippen LogP contribution is 2.32. The van der Waals surface area contributed by atoms with Gasteiger partial charge in [-0.25, -0.2) is 0 Å². The smallest absolute Gasteiger partial charge is 0.0628 e. The van der Waals surface area contributed by atoms with Crippen molar-refractivity contribution in [3.63, 3.8) is 0 Å². The van der Waals surface area contributed by atoms with Crippen LogP contribution in [0.25, 0.3) is 0 Å². The highest BCUT2D eigenvalue weighted by molar-refractivity contribution is 5.24. The van der Waals surface area contributed by atoms with Gasteiger partial charge in [-0.1, -0.05) is 19.8 Å². The molecule has 1 saturated carbocycles. The summed E-state index contributed by atoms with van der Waals surface area (Å²) in [7, 11) is 1.99. The fourth-order valence-electron chi connectivity index (χ4n) is 3.54. The third kappa shape index (κ3) is 3.38. The van der Waals surface area contributed by atoms with Crippen LogP contribution in [0.15, 0.2) is 0 Å². The minimum atomic E-state index is -0.137. The van der Waals surface area contributed by atoms with Crippen molar-refractivity contribution in [2.45, 2.75) is 65.4 Å². The molecule has 0 amide bonds. The van der Waals surface area contributed by atoms with Gasteiger partial charge in [-0.3, -0.25) is 4.68 Å². The summed E-state index contributed by atoms with van der Waals surface area (Å²) in [6, 6.07) is 0. The van der Waals surface area contributed by atoms with E-state index in [4.69, 9.17) is 0 Å². The Morgan fingerprint density at radius 1 is 1.37 bits per heavy atom. The maximum atomic E-state index is 10.4. The minimum Gasteiger partial charge on any atom is -0.393 e. The van der Waals surface area contributed by atoms with Gasteiger partial charge in [0.15, 0.2) is 0 Å². The molecule has 3 heteroatoms. The van der Waals surface area contributed by atoms with E-state index in [-0.39, 0.29) is 6.10 Å². The van der Waals surface area contributed by atoms with Gasteiger partial charge in [0.05, 0.1) is 11.8 Å². The van der Waals surface area contributed by atoms with Crippen molar-refractivity contribution in [3.05, 3.63) is 17.0 Å². The maximum absolute atomic E-state index is 10.4. The Balaban J connectivity index is 1.91. The molecular weight excluding hydrogens is 236 g/mol. The molecule has 1 N–H and O–H groups in total. The molecule has 0 radical (unpaired) electrons. The zero-order valence-corrected chi connectivity index (χ0v) is 12.8. The molecule has 3 atom stereocenters. The first-order valence-corrected chi connectivity index (χ1v) is 7.66. The number of aromatic nitrogens is 2. The molecule has 1 aliphatic carbocycles. The van der Waals surface area contributed by atoms with Crippen LogP contribution in [-0.2, 0) is 13.5 Å². The topological polar surface area (TPSA) is 38.0 Å². The van der Waals surface area contributed by atoms with Gasteiger partial charge < -0.3 is 5.11 Å². The molecule has 0 saturated heterocycles. The molecule has 1 aromatic rings. The van der Waals surface area contributed by atoms with Crippen molar-refractivity contribution in [2.75, 3.05) is 0 Å². The molecular formula is C16H28N2O. The lowest BCUT2D eigenvalue weighted by molar-refractivity contribution is 0.0650. The van der Waals surface area contributed by atoms with Gasteiger partial charge in [-0.15, -0.1) is 0 Å². The van der Waals surface area contributed by atoms with Gasteiger partial charge in [0.1, 0.15) is 0 Å². The standard InChI is InChI=1S/C16H28N2O/c1-11-6-5-7-14(10-11)16(19)9-8-15-12(2)17-18(4)13(15)3/h11,14,16,19H,5-10H2,1-4H3. The monoisotopic (exact) mass is 264 g/mol. The van der Waals surface area contributed by atoms with Crippen LogP contribution in [0.2, 0.25) is 0 Å². The third-order valence-electron chi connectivity index (χ3n) is 4.87. The maximum Gasteiger partial charge on any atom is 0.0628 e. The minimum absolute atomic E-state index is 0.137. The number of hydrogen-bond acceptors (Lipinski definition) is 2. The van der Waals surface area contributed by atoms with Crippen molar-refractivity contribution in [2.24, 2.45) is 18.9 Å². The molecule has 2 rings (SSSR count). The summed E-state index contributed by atoms with van der Waals surface area (Å²) in [4.78, 5) is 0. The number of aliphatic hydroxyl groups is 1. The van der Waals surface area contributed by atoms with Crippen LogP contribution in [0.3, 0.4) is 0 Å². The molecule has 3 nitrogen and oxygen atoms in total. The van der Waals surface area contributed by atoms with Crippen LogP contribution in [0.4, 0.5) is 0 Å². The quantitative estimate of drug-likeness (QED) is 0.907. The van der Waals surface area contributed by atoms with Crippen LogP contribution in [0.5, 0.6) is 0 Å². The zero-order valence-electron chi connectivity index (χ0n) is 12.8. The summed E-state index contributed by atoms with van der Waals surface area (Å²) in [5.74, 6) is 1.30. The van der Waals surface area contributed by atoms with E-state index in [0.717, 1.165) is 24.5 Å². The summed E-state index contributed by atoms with van der Waals surface area (Å²) in [6.45, 7) is 6.50. The van der Waals surface area contributed by atoms with Gasteiger partial charge >= 0.3 is 0 Å². The first-order chi connectivity index (χ1) is 8.99. The van der Waals surface area contributed by atoms with Crippen LogP contribution in [-0.4, -0.2) is 21.0 Å². The number of rotatable bonds is 4. The largest absolute Gasteiger partial charge is 0.393 e. The normalized spacial score (nSPS) is 25.5. The summed E-state index contributed by atoms with van der Waals surface area (Å²) < 4.78 is 1.94. The van der Waals surface area contributed by atoms with E-state index < -0.39 is 0 Å². The molecule has 1 fully saturated rings. The molecule has 3 unspecified atom stereocenters. The highest BCUT2D eigenvalue weighted by atomic mass is 16.3. The predicted molar refractivity (Wildman–Crippen MR) is 78.1 cm³/mol. The van der Waals surface area contributed by atoms with E-state index in [9.17, 15) is 5.11 Å². The molecule has 19 heavy (non-hydrogen) atoms. The van der Waals surface area contributed by atoms with Crippen molar-refractivity contribution < 1.29 is 5.11 Å². The Morgan fingerprint density at radius 2 is 2.11 bits per heavy atom. The van der Waals surface area contributed by atoms with Gasteiger partial charge in [-0.05, 0) is 56.9 Å². The Bertz CT molecular complexity index is 425. The predicted octanol–water partition coefficient (Wildman–Crippen LogP) is 3.16.